The second kappa shape index (κ2) is 5.11. The normalized spacial score (nSPS) is 10.2. The molecule has 2 heterocycles. The third-order valence-electron chi connectivity index (χ3n) is 2.58. The van der Waals surface area contributed by atoms with Crippen molar-refractivity contribution in [3.05, 3.63) is 36.2 Å². The lowest BCUT2D eigenvalue weighted by Crippen LogP contribution is -1.97. The van der Waals surface area contributed by atoms with Crippen molar-refractivity contribution < 1.29 is 4.74 Å². The fourth-order valence-electron chi connectivity index (χ4n) is 1.66. The summed E-state index contributed by atoms with van der Waals surface area (Å²) in [4.78, 5) is 12.5. The molecule has 98 valence electrons. The van der Waals surface area contributed by atoms with Crippen LogP contribution >= 0.6 is 11.3 Å². The topological polar surface area (TPSA) is 83.7 Å². The molecule has 0 saturated heterocycles. The molecule has 3 rings (SSSR count). The first-order valence-corrected chi connectivity index (χ1v) is 6.55. The molecule has 0 saturated carbocycles. The number of ether oxygens (including phenoxy) is 1. The van der Waals surface area contributed by atoms with Gasteiger partial charge in [0.2, 0.25) is 5.95 Å². The summed E-state index contributed by atoms with van der Waals surface area (Å²) in [7, 11) is 1.63. The van der Waals surface area contributed by atoms with Crippen LogP contribution < -0.4 is 10.1 Å². The summed E-state index contributed by atoms with van der Waals surface area (Å²) >= 11 is 1.47. The Bertz CT molecular complexity index is 808. The average Bonchev–Trinajstić information content (AvgIpc) is 2.88. The van der Waals surface area contributed by atoms with Gasteiger partial charge in [-0.25, -0.2) is 15.0 Å². The van der Waals surface area contributed by atoms with Crippen molar-refractivity contribution in [1.29, 1.82) is 5.26 Å². The number of aromatic nitrogens is 3. The molecule has 2 aromatic heterocycles. The van der Waals surface area contributed by atoms with Crippen molar-refractivity contribution in [1.82, 2.24) is 15.0 Å². The van der Waals surface area contributed by atoms with Crippen LogP contribution in [0.1, 0.15) is 5.69 Å². The molecule has 0 spiro atoms. The smallest absolute Gasteiger partial charge is 0.230 e. The van der Waals surface area contributed by atoms with E-state index in [2.05, 4.69) is 20.3 Å². The number of thiazole rings is 1. The van der Waals surface area contributed by atoms with Gasteiger partial charge in [0.25, 0.3) is 0 Å². The van der Waals surface area contributed by atoms with E-state index in [-0.39, 0.29) is 0 Å². The van der Waals surface area contributed by atoms with Crippen LogP contribution in [0.25, 0.3) is 10.2 Å². The molecular formula is C13H9N5OS. The largest absolute Gasteiger partial charge is 0.497 e. The van der Waals surface area contributed by atoms with E-state index in [1.165, 1.54) is 17.5 Å². The molecule has 1 N–H and O–H groups in total. The Hall–Kier alpha value is -2.72. The summed E-state index contributed by atoms with van der Waals surface area (Å²) < 4.78 is 6.18. The minimum Gasteiger partial charge on any atom is -0.497 e. The zero-order valence-electron chi connectivity index (χ0n) is 10.5. The third-order valence-corrected chi connectivity index (χ3v) is 3.52. The van der Waals surface area contributed by atoms with E-state index in [1.54, 1.807) is 13.2 Å². The maximum absolute atomic E-state index is 8.81. The monoisotopic (exact) mass is 283 g/mol. The fraction of sp³-hybridized carbons (Fsp3) is 0.0769. The fourth-order valence-corrected chi connectivity index (χ4v) is 2.55. The highest BCUT2D eigenvalue weighted by Gasteiger charge is 2.07. The number of fused-ring (bicyclic) bond motifs is 1. The predicted octanol–water partition coefficient (Wildman–Crippen LogP) is 2.71. The first kappa shape index (κ1) is 12.3. The SMILES string of the molecule is COc1ccc2nc(Nc3nccc(C#N)n3)sc2c1. The molecule has 0 atom stereocenters. The number of nitriles is 1. The Morgan fingerprint density at radius 3 is 3.00 bits per heavy atom. The van der Waals surface area contributed by atoms with Gasteiger partial charge >= 0.3 is 0 Å². The summed E-state index contributed by atoms with van der Waals surface area (Å²) in [6.45, 7) is 0. The quantitative estimate of drug-likeness (QED) is 0.795. The second-order valence-electron chi connectivity index (χ2n) is 3.85. The van der Waals surface area contributed by atoms with Crippen LogP contribution in [0, 0.1) is 11.3 Å². The molecule has 0 fully saturated rings. The number of benzene rings is 1. The minimum absolute atomic E-state index is 0.310. The maximum Gasteiger partial charge on any atom is 0.230 e. The molecule has 0 aliphatic rings. The summed E-state index contributed by atoms with van der Waals surface area (Å²) in [5.74, 6) is 1.14. The second-order valence-corrected chi connectivity index (χ2v) is 4.89. The van der Waals surface area contributed by atoms with E-state index in [4.69, 9.17) is 10.00 Å². The molecule has 20 heavy (non-hydrogen) atoms. The van der Waals surface area contributed by atoms with Crippen molar-refractivity contribution in [2.45, 2.75) is 0 Å². The van der Waals surface area contributed by atoms with Gasteiger partial charge in [0.15, 0.2) is 5.13 Å². The van der Waals surface area contributed by atoms with E-state index >= 15 is 0 Å². The third kappa shape index (κ3) is 2.37. The lowest BCUT2D eigenvalue weighted by atomic mass is 10.3. The molecule has 0 unspecified atom stereocenters. The van der Waals surface area contributed by atoms with Crippen LogP contribution in [0.4, 0.5) is 11.1 Å². The molecule has 6 nitrogen and oxygen atoms in total. The van der Waals surface area contributed by atoms with E-state index in [0.717, 1.165) is 16.0 Å². The van der Waals surface area contributed by atoms with Gasteiger partial charge in [-0.1, -0.05) is 11.3 Å². The number of rotatable bonds is 3. The van der Waals surface area contributed by atoms with Crippen molar-refractivity contribution in [3.63, 3.8) is 0 Å². The van der Waals surface area contributed by atoms with Gasteiger partial charge in [0.1, 0.15) is 17.5 Å². The van der Waals surface area contributed by atoms with E-state index in [1.807, 2.05) is 24.3 Å². The van der Waals surface area contributed by atoms with E-state index < -0.39 is 0 Å². The molecule has 0 radical (unpaired) electrons. The van der Waals surface area contributed by atoms with Crippen LogP contribution in [0.15, 0.2) is 30.5 Å². The van der Waals surface area contributed by atoms with Crippen LogP contribution in [-0.2, 0) is 0 Å². The lowest BCUT2D eigenvalue weighted by molar-refractivity contribution is 0.415. The average molecular weight is 283 g/mol. The number of methoxy groups -OCH3 is 1. The molecule has 1 aromatic carbocycles. The van der Waals surface area contributed by atoms with Crippen molar-refractivity contribution >= 4 is 32.6 Å². The highest BCUT2D eigenvalue weighted by Crippen LogP contribution is 2.30. The van der Waals surface area contributed by atoms with Gasteiger partial charge < -0.3 is 4.74 Å². The van der Waals surface area contributed by atoms with Crippen LogP contribution in [0.3, 0.4) is 0 Å². The molecule has 0 aliphatic heterocycles. The van der Waals surface area contributed by atoms with Crippen LogP contribution in [-0.4, -0.2) is 22.1 Å². The van der Waals surface area contributed by atoms with Gasteiger partial charge in [-0.05, 0) is 24.3 Å². The number of anilines is 2. The number of hydrogen-bond acceptors (Lipinski definition) is 7. The highest BCUT2D eigenvalue weighted by atomic mass is 32.1. The van der Waals surface area contributed by atoms with Crippen molar-refractivity contribution in [2.75, 3.05) is 12.4 Å². The highest BCUT2D eigenvalue weighted by molar-refractivity contribution is 7.22. The zero-order chi connectivity index (χ0) is 13.9. The number of nitrogens with zero attached hydrogens (tertiary/aromatic N) is 4. The van der Waals surface area contributed by atoms with Crippen LogP contribution in [0.5, 0.6) is 5.75 Å². The maximum atomic E-state index is 8.81. The molecular weight excluding hydrogens is 274 g/mol. The number of nitrogens with one attached hydrogen (secondary N) is 1. The minimum atomic E-state index is 0.310. The standard InChI is InChI=1S/C13H9N5OS/c1-19-9-2-3-10-11(6-9)20-13(17-10)18-12-15-5-4-8(7-14)16-12/h2-6H,1H3,(H,15,16,17,18). The van der Waals surface area contributed by atoms with Gasteiger partial charge in [-0.2, -0.15) is 5.26 Å². The molecule has 7 heteroatoms. The Kier molecular flexibility index (Phi) is 3.15. The van der Waals surface area contributed by atoms with E-state index in [9.17, 15) is 0 Å². The Morgan fingerprint density at radius 2 is 2.20 bits per heavy atom. The van der Waals surface area contributed by atoms with Gasteiger partial charge in [0, 0.05) is 6.20 Å². The lowest BCUT2D eigenvalue weighted by Gasteiger charge is -1.98. The Morgan fingerprint density at radius 1 is 1.30 bits per heavy atom. The van der Waals surface area contributed by atoms with Crippen molar-refractivity contribution in [3.8, 4) is 11.8 Å². The first-order valence-electron chi connectivity index (χ1n) is 5.73. The van der Waals surface area contributed by atoms with Gasteiger partial charge in [0.05, 0.1) is 17.3 Å². The molecule has 0 bridgehead atoms. The Labute approximate surface area is 118 Å². The first-order chi connectivity index (χ1) is 9.78. The van der Waals surface area contributed by atoms with Crippen molar-refractivity contribution in [2.24, 2.45) is 0 Å². The van der Waals surface area contributed by atoms with Gasteiger partial charge in [-0.3, -0.25) is 5.32 Å². The summed E-state index contributed by atoms with van der Waals surface area (Å²) in [5.41, 5.74) is 1.18. The van der Waals surface area contributed by atoms with Crippen LogP contribution in [0.2, 0.25) is 0 Å². The summed E-state index contributed by atoms with van der Waals surface area (Å²) in [5, 5.41) is 12.5. The predicted molar refractivity (Wildman–Crippen MR) is 76.2 cm³/mol. The van der Waals surface area contributed by atoms with E-state index in [0.29, 0.717) is 16.8 Å². The zero-order valence-corrected chi connectivity index (χ0v) is 11.3. The molecule has 3 aromatic rings. The number of hydrogen-bond donors (Lipinski definition) is 1. The summed E-state index contributed by atoms with van der Waals surface area (Å²) in [6, 6.07) is 9.19. The van der Waals surface area contributed by atoms with Gasteiger partial charge in [-0.15, -0.1) is 0 Å². The Balaban J connectivity index is 1.92. The molecule has 0 aliphatic carbocycles. The summed E-state index contributed by atoms with van der Waals surface area (Å²) in [6.07, 6.45) is 1.53. The molecule has 0 amide bonds.